The molecule has 2 rings (SSSR count). The van der Waals surface area contributed by atoms with Gasteiger partial charge >= 0.3 is 6.03 Å². The molecule has 0 saturated heterocycles. The van der Waals surface area contributed by atoms with Gasteiger partial charge in [0.1, 0.15) is 0 Å². The number of hydrogen-bond donors (Lipinski definition) is 3. The number of aliphatic hydroxyl groups is 1. The van der Waals surface area contributed by atoms with Gasteiger partial charge in [-0.05, 0) is 35.2 Å². The lowest BCUT2D eigenvalue weighted by molar-refractivity contribution is 0.121. The maximum absolute atomic E-state index is 11.8. The first-order chi connectivity index (χ1) is 8.64. The third-order valence-corrected chi connectivity index (χ3v) is 4.51. The van der Waals surface area contributed by atoms with Crippen LogP contribution in [-0.4, -0.2) is 23.8 Å². The third-order valence-electron chi connectivity index (χ3n) is 3.78. The highest BCUT2D eigenvalue weighted by molar-refractivity contribution is 7.07. The lowest BCUT2D eigenvalue weighted by Crippen LogP contribution is -2.48. The van der Waals surface area contributed by atoms with Crippen molar-refractivity contribution >= 4 is 17.4 Å². The van der Waals surface area contributed by atoms with Crippen LogP contribution in [0.2, 0.25) is 0 Å². The number of carbonyl (C=O) groups excluding carboxylic acids is 1. The van der Waals surface area contributed by atoms with E-state index < -0.39 is 0 Å². The Kier molecular flexibility index (Phi) is 4.24. The van der Waals surface area contributed by atoms with Crippen molar-refractivity contribution in [2.75, 3.05) is 6.61 Å². The maximum atomic E-state index is 11.8. The van der Waals surface area contributed by atoms with Crippen LogP contribution in [0.1, 0.15) is 31.7 Å². The summed E-state index contributed by atoms with van der Waals surface area (Å²) in [5, 5.41) is 19.3. The summed E-state index contributed by atoms with van der Waals surface area (Å²) in [7, 11) is 0. The van der Waals surface area contributed by atoms with Crippen LogP contribution < -0.4 is 10.6 Å². The number of rotatable bonds is 4. The van der Waals surface area contributed by atoms with Gasteiger partial charge in [-0.1, -0.05) is 13.3 Å². The van der Waals surface area contributed by atoms with Crippen molar-refractivity contribution in [3.8, 4) is 0 Å². The summed E-state index contributed by atoms with van der Waals surface area (Å²) in [6.45, 7) is 2.71. The van der Waals surface area contributed by atoms with Crippen LogP contribution in [0.5, 0.6) is 0 Å². The van der Waals surface area contributed by atoms with Crippen LogP contribution in [0.4, 0.5) is 4.79 Å². The molecule has 3 N–H and O–H groups in total. The number of thiophene rings is 1. The molecule has 2 unspecified atom stereocenters. The van der Waals surface area contributed by atoms with Gasteiger partial charge in [0.15, 0.2) is 0 Å². The quantitative estimate of drug-likeness (QED) is 0.783. The Bertz CT molecular complexity index is 394. The van der Waals surface area contributed by atoms with Crippen LogP contribution in [0, 0.1) is 5.41 Å². The lowest BCUT2D eigenvalue weighted by atomic mass is 9.86. The number of aliphatic hydroxyl groups excluding tert-OH is 1. The van der Waals surface area contributed by atoms with E-state index in [4.69, 9.17) is 0 Å². The first kappa shape index (κ1) is 13.4. The fraction of sp³-hybridized carbons (Fsp3) is 0.615. The van der Waals surface area contributed by atoms with Gasteiger partial charge in [0.05, 0.1) is 6.61 Å². The molecule has 0 bridgehead atoms. The molecule has 1 aromatic rings. The Morgan fingerprint density at radius 2 is 2.50 bits per heavy atom. The summed E-state index contributed by atoms with van der Waals surface area (Å²) < 4.78 is 0. The highest BCUT2D eigenvalue weighted by Crippen LogP contribution is 2.37. The van der Waals surface area contributed by atoms with Gasteiger partial charge in [-0.2, -0.15) is 11.3 Å². The first-order valence-electron chi connectivity index (χ1n) is 6.30. The van der Waals surface area contributed by atoms with E-state index in [-0.39, 0.29) is 24.1 Å². The molecule has 18 heavy (non-hydrogen) atoms. The maximum Gasteiger partial charge on any atom is 0.315 e. The number of hydrogen-bond acceptors (Lipinski definition) is 3. The summed E-state index contributed by atoms with van der Waals surface area (Å²) in [5.41, 5.74) is 0.950. The van der Waals surface area contributed by atoms with Crippen LogP contribution in [0.25, 0.3) is 0 Å². The Labute approximate surface area is 111 Å². The summed E-state index contributed by atoms with van der Waals surface area (Å²) >= 11 is 1.62. The predicted molar refractivity (Wildman–Crippen MR) is 72.5 cm³/mol. The van der Waals surface area contributed by atoms with Crippen molar-refractivity contribution in [2.45, 2.75) is 38.8 Å². The monoisotopic (exact) mass is 268 g/mol. The molecule has 100 valence electrons. The van der Waals surface area contributed by atoms with Crippen molar-refractivity contribution in [1.29, 1.82) is 0 Å². The zero-order chi connectivity index (χ0) is 13.0. The number of carbonyl (C=O) groups is 1. The minimum absolute atomic E-state index is 0.0741. The number of amides is 2. The van der Waals surface area contributed by atoms with Crippen molar-refractivity contribution in [2.24, 2.45) is 5.41 Å². The molecule has 0 radical (unpaired) electrons. The van der Waals surface area contributed by atoms with Crippen molar-refractivity contribution in [3.05, 3.63) is 22.4 Å². The summed E-state index contributed by atoms with van der Waals surface area (Å²) in [5.74, 6) is 0. The molecule has 1 saturated carbocycles. The Hall–Kier alpha value is -1.07. The van der Waals surface area contributed by atoms with E-state index in [0.29, 0.717) is 6.54 Å². The molecular formula is C13H20N2O2S. The molecule has 1 aliphatic carbocycles. The second kappa shape index (κ2) is 5.71. The van der Waals surface area contributed by atoms with Gasteiger partial charge < -0.3 is 15.7 Å². The fourth-order valence-corrected chi connectivity index (χ4v) is 3.12. The first-order valence-corrected chi connectivity index (χ1v) is 7.25. The topological polar surface area (TPSA) is 61.4 Å². The molecule has 1 aromatic heterocycles. The van der Waals surface area contributed by atoms with Crippen LogP contribution in [0.15, 0.2) is 16.8 Å². The van der Waals surface area contributed by atoms with Gasteiger partial charge in [-0.15, -0.1) is 0 Å². The number of urea groups is 1. The van der Waals surface area contributed by atoms with Gasteiger partial charge in [0, 0.05) is 18.0 Å². The second-order valence-electron chi connectivity index (χ2n) is 5.22. The lowest BCUT2D eigenvalue weighted by Gasteiger charge is -2.30. The van der Waals surface area contributed by atoms with E-state index >= 15 is 0 Å². The van der Waals surface area contributed by atoms with E-state index in [1.807, 2.05) is 23.8 Å². The van der Waals surface area contributed by atoms with Crippen molar-refractivity contribution in [1.82, 2.24) is 10.6 Å². The van der Waals surface area contributed by atoms with Gasteiger partial charge in [-0.25, -0.2) is 4.79 Å². The smallest absolute Gasteiger partial charge is 0.315 e. The van der Waals surface area contributed by atoms with Gasteiger partial charge in [0.25, 0.3) is 0 Å². The standard InChI is InChI=1S/C13H20N2O2S/c1-13(9-16)5-2-3-11(13)15-12(17)14-7-10-4-6-18-8-10/h4,6,8,11,16H,2-3,5,7,9H2,1H3,(H2,14,15,17). The molecule has 1 fully saturated rings. The normalized spacial score (nSPS) is 27.1. The average molecular weight is 268 g/mol. The summed E-state index contributed by atoms with van der Waals surface area (Å²) in [4.78, 5) is 11.8. The minimum Gasteiger partial charge on any atom is -0.396 e. The Morgan fingerprint density at radius 1 is 1.67 bits per heavy atom. The average Bonchev–Trinajstić information content (AvgIpc) is 2.98. The molecular weight excluding hydrogens is 248 g/mol. The highest BCUT2D eigenvalue weighted by Gasteiger charge is 2.38. The van der Waals surface area contributed by atoms with Crippen LogP contribution in [-0.2, 0) is 6.54 Å². The molecule has 1 aliphatic rings. The molecule has 4 nitrogen and oxygen atoms in total. The largest absolute Gasteiger partial charge is 0.396 e. The van der Waals surface area contributed by atoms with E-state index in [1.54, 1.807) is 11.3 Å². The van der Waals surface area contributed by atoms with Crippen molar-refractivity contribution < 1.29 is 9.90 Å². The third kappa shape index (κ3) is 3.03. The molecule has 0 spiro atoms. The summed E-state index contributed by atoms with van der Waals surface area (Å²) in [6.07, 6.45) is 2.98. The highest BCUT2D eigenvalue weighted by atomic mass is 32.1. The molecule has 1 heterocycles. The number of nitrogens with one attached hydrogen (secondary N) is 2. The molecule has 2 atom stereocenters. The fourth-order valence-electron chi connectivity index (χ4n) is 2.45. The van der Waals surface area contributed by atoms with E-state index in [1.165, 1.54) is 0 Å². The zero-order valence-electron chi connectivity index (χ0n) is 10.6. The SMILES string of the molecule is CC1(CO)CCCC1NC(=O)NCc1ccsc1. The summed E-state index contributed by atoms with van der Waals surface area (Å²) in [6, 6.07) is 1.93. The van der Waals surface area contributed by atoms with E-state index in [0.717, 1.165) is 24.8 Å². The van der Waals surface area contributed by atoms with Gasteiger partial charge in [0.2, 0.25) is 0 Å². The predicted octanol–water partition coefficient (Wildman–Crippen LogP) is 2.10. The molecule has 2 amide bonds. The molecule has 0 aromatic carbocycles. The van der Waals surface area contributed by atoms with Crippen LogP contribution in [0.3, 0.4) is 0 Å². The second-order valence-corrected chi connectivity index (χ2v) is 6.00. The Balaban J connectivity index is 1.80. The Morgan fingerprint density at radius 3 is 3.17 bits per heavy atom. The molecule has 5 heteroatoms. The van der Waals surface area contributed by atoms with E-state index in [2.05, 4.69) is 10.6 Å². The molecule has 0 aliphatic heterocycles. The minimum atomic E-state index is -0.167. The van der Waals surface area contributed by atoms with Crippen molar-refractivity contribution in [3.63, 3.8) is 0 Å². The van der Waals surface area contributed by atoms with Gasteiger partial charge in [-0.3, -0.25) is 0 Å². The van der Waals surface area contributed by atoms with Crippen LogP contribution >= 0.6 is 11.3 Å². The zero-order valence-corrected chi connectivity index (χ0v) is 11.4. The van der Waals surface area contributed by atoms with E-state index in [9.17, 15) is 9.90 Å².